The molecule has 1 saturated heterocycles. The van der Waals surface area contributed by atoms with Crippen LogP contribution in [0, 0.1) is 0 Å². The Morgan fingerprint density at radius 3 is 2.51 bits per heavy atom. The molecule has 5 rings (SSSR count). The second-order valence-electron chi connectivity index (χ2n) is 9.75. The number of nitrogens with one attached hydrogen (secondary N) is 1. The van der Waals surface area contributed by atoms with Crippen LogP contribution in [0.25, 0.3) is 0 Å². The molecule has 1 aromatic heterocycles. The summed E-state index contributed by atoms with van der Waals surface area (Å²) in [7, 11) is -2.40. The van der Waals surface area contributed by atoms with E-state index in [-0.39, 0.29) is 30.4 Å². The van der Waals surface area contributed by atoms with Crippen molar-refractivity contribution >= 4 is 27.3 Å². The highest BCUT2D eigenvalue weighted by Crippen LogP contribution is 2.39. The third-order valence-corrected chi connectivity index (χ3v) is 8.97. The van der Waals surface area contributed by atoms with Crippen molar-refractivity contribution in [2.24, 2.45) is 7.05 Å². The van der Waals surface area contributed by atoms with E-state index in [4.69, 9.17) is 4.74 Å². The van der Waals surface area contributed by atoms with Gasteiger partial charge >= 0.3 is 0 Å². The maximum atomic E-state index is 13.6. The second-order valence-corrected chi connectivity index (χ2v) is 11.7. The molecule has 1 aliphatic heterocycles. The molecule has 0 radical (unpaired) electrons. The van der Waals surface area contributed by atoms with Crippen LogP contribution in [0.4, 0.5) is 11.4 Å². The number of anilines is 2. The molecule has 2 unspecified atom stereocenters. The van der Waals surface area contributed by atoms with Crippen molar-refractivity contribution in [1.29, 1.82) is 0 Å². The summed E-state index contributed by atoms with van der Waals surface area (Å²) in [6.45, 7) is 3.96. The first kappa shape index (κ1) is 24.0. The van der Waals surface area contributed by atoms with E-state index in [2.05, 4.69) is 23.1 Å². The quantitative estimate of drug-likeness (QED) is 0.575. The van der Waals surface area contributed by atoms with E-state index in [1.807, 2.05) is 0 Å². The van der Waals surface area contributed by atoms with Crippen molar-refractivity contribution < 1.29 is 23.1 Å². The van der Waals surface area contributed by atoms with E-state index in [1.54, 1.807) is 13.2 Å². The number of carbonyl (C=O) groups excluding carboxylic acids is 1. The molecule has 10 heteroatoms. The van der Waals surface area contributed by atoms with Crippen LogP contribution in [0.1, 0.15) is 47.9 Å². The molecule has 35 heavy (non-hydrogen) atoms. The van der Waals surface area contributed by atoms with Crippen LogP contribution < -0.4 is 9.62 Å². The van der Waals surface area contributed by atoms with Gasteiger partial charge in [-0.3, -0.25) is 13.8 Å². The van der Waals surface area contributed by atoms with Crippen LogP contribution in [0.5, 0.6) is 0 Å². The van der Waals surface area contributed by atoms with Crippen LogP contribution >= 0.6 is 0 Å². The van der Waals surface area contributed by atoms with Crippen molar-refractivity contribution in [3.05, 3.63) is 52.2 Å². The van der Waals surface area contributed by atoms with Gasteiger partial charge in [0.05, 0.1) is 48.6 Å². The van der Waals surface area contributed by atoms with Crippen LogP contribution in [-0.4, -0.2) is 54.6 Å². The molecular weight excluding hydrogens is 468 g/mol. The van der Waals surface area contributed by atoms with Gasteiger partial charge in [0, 0.05) is 25.4 Å². The fourth-order valence-corrected chi connectivity index (χ4v) is 6.81. The molecule has 2 N–H and O–H groups in total. The number of aliphatic hydroxyl groups is 1. The lowest BCUT2D eigenvalue weighted by molar-refractivity contribution is -0.115. The Kier molecular flexibility index (Phi) is 6.45. The zero-order valence-corrected chi connectivity index (χ0v) is 20.8. The summed E-state index contributed by atoms with van der Waals surface area (Å²) in [4.78, 5) is 12.9. The normalized spacial score (nSPS) is 21.1. The Labute approximate surface area is 205 Å². The molecular formula is C25H32N4O5S. The number of carbonyl (C=O) groups is 1. The SMILES string of the molecule is C=C(CC(=O)Nc1c2c(cc3c1CCC3)CCC2)S(=O)(=O)N(CC1CC(O)CO1)c1cnn(C)c1. The van der Waals surface area contributed by atoms with Gasteiger partial charge in [-0.15, -0.1) is 0 Å². The summed E-state index contributed by atoms with van der Waals surface area (Å²) < 4.78 is 35.4. The predicted octanol–water partition coefficient (Wildman–Crippen LogP) is 2.23. The fraction of sp³-hybridized carbons (Fsp3) is 0.520. The topological polar surface area (TPSA) is 114 Å². The van der Waals surface area contributed by atoms with Gasteiger partial charge in [0.2, 0.25) is 5.91 Å². The summed E-state index contributed by atoms with van der Waals surface area (Å²) in [6.07, 6.45) is 7.99. The number of fused-ring (bicyclic) bond motifs is 2. The number of rotatable bonds is 8. The molecule has 188 valence electrons. The van der Waals surface area contributed by atoms with Gasteiger partial charge in [0.1, 0.15) is 0 Å². The highest BCUT2D eigenvalue weighted by molar-refractivity contribution is 7.96. The molecule has 2 heterocycles. The van der Waals surface area contributed by atoms with E-state index in [0.717, 1.165) is 44.2 Å². The summed E-state index contributed by atoms with van der Waals surface area (Å²) >= 11 is 0. The average molecular weight is 501 g/mol. The Morgan fingerprint density at radius 2 is 1.94 bits per heavy atom. The second kappa shape index (κ2) is 9.40. The number of hydrogen-bond acceptors (Lipinski definition) is 6. The molecule has 1 amide bonds. The maximum Gasteiger partial charge on any atom is 0.260 e. The van der Waals surface area contributed by atoms with E-state index < -0.39 is 22.2 Å². The number of amides is 1. The number of aryl methyl sites for hydroxylation is 3. The van der Waals surface area contributed by atoms with E-state index in [9.17, 15) is 18.3 Å². The Balaban J connectivity index is 1.35. The average Bonchev–Trinajstić information content (AvgIpc) is 3.59. The van der Waals surface area contributed by atoms with Gasteiger partial charge in [-0.1, -0.05) is 12.6 Å². The molecule has 1 aromatic carbocycles. The summed E-state index contributed by atoms with van der Waals surface area (Å²) in [5.41, 5.74) is 6.24. The lowest BCUT2D eigenvalue weighted by Crippen LogP contribution is -2.38. The summed E-state index contributed by atoms with van der Waals surface area (Å²) in [6, 6.07) is 2.29. The van der Waals surface area contributed by atoms with E-state index in [1.165, 1.54) is 37.4 Å². The first-order valence-electron chi connectivity index (χ1n) is 12.2. The molecule has 9 nitrogen and oxygen atoms in total. The Hall–Kier alpha value is -2.69. The van der Waals surface area contributed by atoms with Gasteiger partial charge in [-0.05, 0) is 60.8 Å². The summed E-state index contributed by atoms with van der Waals surface area (Å²) in [5, 5.41) is 17.0. The molecule has 2 aliphatic carbocycles. The molecule has 0 saturated carbocycles. The van der Waals surface area contributed by atoms with Crippen molar-refractivity contribution in [2.75, 3.05) is 22.8 Å². The van der Waals surface area contributed by atoms with Gasteiger partial charge in [0.15, 0.2) is 0 Å². The zero-order chi connectivity index (χ0) is 24.7. The number of hydrogen-bond donors (Lipinski definition) is 2. The molecule has 0 bridgehead atoms. The molecule has 2 atom stereocenters. The van der Waals surface area contributed by atoms with Crippen LogP contribution in [0.2, 0.25) is 0 Å². The highest BCUT2D eigenvalue weighted by atomic mass is 32.2. The van der Waals surface area contributed by atoms with Gasteiger partial charge < -0.3 is 15.2 Å². The van der Waals surface area contributed by atoms with Gasteiger partial charge in [-0.2, -0.15) is 5.10 Å². The first-order valence-corrected chi connectivity index (χ1v) is 13.6. The molecule has 1 fully saturated rings. The van der Waals surface area contributed by atoms with Crippen molar-refractivity contribution in [3.63, 3.8) is 0 Å². The van der Waals surface area contributed by atoms with Gasteiger partial charge in [-0.25, -0.2) is 8.42 Å². The standard InChI is InChI=1S/C25H32N4O5S/c1-16(9-24(31)27-25-22-7-3-5-17(22)10-18-6-4-8-23(18)25)35(32,33)29(19-12-26-28(2)13-19)14-21-11-20(30)15-34-21/h10,12-13,20-21,30H,1,3-9,11,14-15H2,2H3,(H,27,31). The smallest absolute Gasteiger partial charge is 0.260 e. The Morgan fingerprint density at radius 1 is 1.26 bits per heavy atom. The lowest BCUT2D eigenvalue weighted by atomic mass is 9.98. The van der Waals surface area contributed by atoms with E-state index in [0.29, 0.717) is 12.1 Å². The third kappa shape index (κ3) is 4.74. The minimum atomic E-state index is -4.09. The highest BCUT2D eigenvalue weighted by Gasteiger charge is 2.34. The number of benzene rings is 1. The largest absolute Gasteiger partial charge is 0.391 e. The number of aliphatic hydroxyl groups excluding tert-OH is 1. The lowest BCUT2D eigenvalue weighted by Gasteiger charge is -2.26. The number of aromatic nitrogens is 2. The van der Waals surface area contributed by atoms with Crippen LogP contribution in [-0.2, 0) is 52.3 Å². The minimum Gasteiger partial charge on any atom is -0.391 e. The van der Waals surface area contributed by atoms with Crippen LogP contribution in [0.3, 0.4) is 0 Å². The number of sulfonamides is 1. The van der Waals surface area contributed by atoms with Crippen molar-refractivity contribution in [3.8, 4) is 0 Å². The van der Waals surface area contributed by atoms with Crippen LogP contribution in [0.15, 0.2) is 29.9 Å². The minimum absolute atomic E-state index is 0.00538. The zero-order valence-electron chi connectivity index (χ0n) is 20.0. The summed E-state index contributed by atoms with van der Waals surface area (Å²) in [5.74, 6) is -0.383. The predicted molar refractivity (Wildman–Crippen MR) is 133 cm³/mol. The number of ether oxygens (including phenoxy) is 1. The van der Waals surface area contributed by atoms with E-state index >= 15 is 0 Å². The van der Waals surface area contributed by atoms with Gasteiger partial charge in [0.25, 0.3) is 10.0 Å². The fourth-order valence-electron chi connectivity index (χ4n) is 5.46. The molecule has 0 spiro atoms. The molecule has 2 aromatic rings. The molecule has 3 aliphatic rings. The number of nitrogens with zero attached hydrogens (tertiary/aromatic N) is 3. The maximum absolute atomic E-state index is 13.6. The van der Waals surface area contributed by atoms with Crippen molar-refractivity contribution in [1.82, 2.24) is 9.78 Å². The monoisotopic (exact) mass is 500 g/mol. The first-order chi connectivity index (χ1) is 16.7. The Bertz CT molecular complexity index is 1240. The third-order valence-electron chi connectivity index (χ3n) is 7.16. The van der Waals surface area contributed by atoms with Crippen molar-refractivity contribution in [2.45, 2.75) is 63.6 Å².